The largest absolute Gasteiger partial charge is 0.294 e. The maximum absolute atomic E-state index is 12.2. The van der Waals surface area contributed by atoms with Crippen LogP contribution in [0.2, 0.25) is 10.0 Å². The Morgan fingerprint density at radius 2 is 1.79 bits per heavy atom. The molecule has 1 aromatic heterocycles. The molecule has 0 amide bonds. The lowest BCUT2D eigenvalue weighted by atomic mass is 10.1. The van der Waals surface area contributed by atoms with E-state index in [0.29, 0.717) is 40.7 Å². The summed E-state index contributed by atoms with van der Waals surface area (Å²) in [7, 11) is 0. The molecule has 122 valence electrons. The highest BCUT2D eigenvalue weighted by Gasteiger charge is 2.11. The number of nitrogens with zero attached hydrogens (tertiary/aromatic N) is 4. The second-order valence-corrected chi connectivity index (χ2v) is 6.15. The molecule has 0 saturated heterocycles. The zero-order valence-corrected chi connectivity index (χ0v) is 14.2. The molecule has 2 aromatic carbocycles. The van der Waals surface area contributed by atoms with Crippen molar-refractivity contribution >= 4 is 29.0 Å². The molecule has 0 bridgehead atoms. The lowest BCUT2D eigenvalue weighted by Crippen LogP contribution is -2.05. The zero-order valence-electron chi connectivity index (χ0n) is 12.7. The molecule has 7 heteroatoms. The molecular formula is C17H14Cl2N4O. The summed E-state index contributed by atoms with van der Waals surface area (Å²) in [5.74, 6) is 0.746. The number of carbonyl (C=O) groups excluding carboxylic acids is 1. The molecule has 0 radical (unpaired) electrons. The van der Waals surface area contributed by atoms with Crippen LogP contribution in [-0.4, -0.2) is 26.0 Å². The van der Waals surface area contributed by atoms with Crippen molar-refractivity contribution in [1.82, 2.24) is 20.2 Å². The fraction of sp³-hybridized carbons (Fsp3) is 0.176. The van der Waals surface area contributed by atoms with E-state index in [1.807, 2.05) is 12.1 Å². The van der Waals surface area contributed by atoms with E-state index in [1.54, 1.807) is 41.1 Å². The summed E-state index contributed by atoms with van der Waals surface area (Å²) in [6, 6.07) is 14.3. The Labute approximate surface area is 149 Å². The molecule has 0 aliphatic carbocycles. The summed E-state index contributed by atoms with van der Waals surface area (Å²) < 4.78 is 1.63. The van der Waals surface area contributed by atoms with Gasteiger partial charge in [-0.15, -0.1) is 5.10 Å². The van der Waals surface area contributed by atoms with Gasteiger partial charge in [-0.25, -0.2) is 0 Å². The van der Waals surface area contributed by atoms with Crippen LogP contribution in [0.1, 0.15) is 29.0 Å². The van der Waals surface area contributed by atoms with Crippen molar-refractivity contribution in [1.29, 1.82) is 0 Å². The average Bonchev–Trinajstić information content (AvgIpc) is 3.03. The van der Waals surface area contributed by atoms with Crippen LogP contribution in [-0.2, 0) is 6.42 Å². The number of aromatic nitrogens is 4. The van der Waals surface area contributed by atoms with Crippen LogP contribution in [0.4, 0.5) is 0 Å². The third-order valence-corrected chi connectivity index (χ3v) is 4.01. The molecule has 0 fully saturated rings. The minimum atomic E-state index is 0.0549. The third-order valence-electron chi connectivity index (χ3n) is 3.54. The number of ketones is 1. The molecular weight excluding hydrogens is 347 g/mol. The topological polar surface area (TPSA) is 60.7 Å². The van der Waals surface area contributed by atoms with E-state index in [4.69, 9.17) is 23.2 Å². The number of Topliss-reactive ketones (excluding diaryl/α,β-unsaturated/α-hetero) is 1. The number of benzene rings is 2. The molecule has 0 aliphatic heterocycles. The van der Waals surface area contributed by atoms with E-state index in [2.05, 4.69) is 15.5 Å². The monoisotopic (exact) mass is 360 g/mol. The van der Waals surface area contributed by atoms with Crippen molar-refractivity contribution in [3.8, 4) is 5.69 Å². The fourth-order valence-electron chi connectivity index (χ4n) is 2.38. The summed E-state index contributed by atoms with van der Waals surface area (Å²) >= 11 is 11.9. The second-order valence-electron chi connectivity index (χ2n) is 5.27. The summed E-state index contributed by atoms with van der Waals surface area (Å²) in [5.41, 5.74) is 1.42. The van der Waals surface area contributed by atoms with Gasteiger partial charge in [0, 0.05) is 28.5 Å². The molecule has 1 heterocycles. The van der Waals surface area contributed by atoms with Gasteiger partial charge in [-0.05, 0) is 47.2 Å². The van der Waals surface area contributed by atoms with E-state index in [1.165, 1.54) is 0 Å². The molecule has 3 rings (SSSR count). The lowest BCUT2D eigenvalue weighted by molar-refractivity contribution is 0.0980. The molecule has 0 spiro atoms. The Morgan fingerprint density at radius 1 is 1.04 bits per heavy atom. The molecule has 0 unspecified atom stereocenters. The van der Waals surface area contributed by atoms with E-state index in [9.17, 15) is 4.79 Å². The van der Waals surface area contributed by atoms with Crippen molar-refractivity contribution in [3.63, 3.8) is 0 Å². The molecule has 0 N–H and O–H groups in total. The van der Waals surface area contributed by atoms with Crippen LogP contribution in [0.3, 0.4) is 0 Å². The predicted molar refractivity (Wildman–Crippen MR) is 92.9 cm³/mol. The Balaban J connectivity index is 1.64. The highest BCUT2D eigenvalue weighted by Crippen LogP contribution is 2.17. The number of carbonyl (C=O) groups is 1. The highest BCUT2D eigenvalue weighted by atomic mass is 35.5. The molecule has 0 saturated carbocycles. The van der Waals surface area contributed by atoms with Crippen LogP contribution in [0.25, 0.3) is 5.69 Å². The van der Waals surface area contributed by atoms with Crippen molar-refractivity contribution in [3.05, 3.63) is 70.0 Å². The maximum atomic E-state index is 12.2. The highest BCUT2D eigenvalue weighted by molar-refractivity contribution is 6.31. The number of aryl methyl sites for hydroxylation is 1. The van der Waals surface area contributed by atoms with Crippen molar-refractivity contribution < 1.29 is 4.79 Å². The smallest absolute Gasteiger partial charge is 0.162 e. The molecule has 24 heavy (non-hydrogen) atoms. The minimum Gasteiger partial charge on any atom is -0.294 e. The van der Waals surface area contributed by atoms with Crippen LogP contribution in [0.5, 0.6) is 0 Å². The molecule has 0 aliphatic rings. The predicted octanol–water partition coefficient (Wildman–Crippen LogP) is 4.17. The number of hydrogen-bond donors (Lipinski definition) is 0. The van der Waals surface area contributed by atoms with E-state index in [0.717, 1.165) is 5.69 Å². The SMILES string of the molecule is O=C(CCCc1nnnn1-c1cccc(Cl)c1)c1cccc(Cl)c1. The summed E-state index contributed by atoms with van der Waals surface area (Å²) in [6.45, 7) is 0. The van der Waals surface area contributed by atoms with E-state index < -0.39 is 0 Å². The van der Waals surface area contributed by atoms with Crippen molar-refractivity contribution in [2.75, 3.05) is 0 Å². The number of hydrogen-bond acceptors (Lipinski definition) is 4. The average molecular weight is 361 g/mol. The summed E-state index contributed by atoms with van der Waals surface area (Å²) in [4.78, 5) is 12.2. The zero-order chi connectivity index (χ0) is 16.9. The normalized spacial score (nSPS) is 10.8. The Bertz CT molecular complexity index is 863. The lowest BCUT2D eigenvalue weighted by Gasteiger charge is -2.05. The van der Waals surface area contributed by atoms with Crippen molar-refractivity contribution in [2.45, 2.75) is 19.3 Å². The van der Waals surface area contributed by atoms with Gasteiger partial charge in [0.2, 0.25) is 0 Å². The van der Waals surface area contributed by atoms with Gasteiger partial charge in [-0.1, -0.05) is 41.4 Å². The van der Waals surface area contributed by atoms with E-state index in [-0.39, 0.29) is 5.78 Å². The van der Waals surface area contributed by atoms with Gasteiger partial charge < -0.3 is 0 Å². The number of halogens is 2. The van der Waals surface area contributed by atoms with Crippen LogP contribution >= 0.6 is 23.2 Å². The quantitative estimate of drug-likeness (QED) is 0.618. The first kappa shape index (κ1) is 16.6. The van der Waals surface area contributed by atoms with Crippen molar-refractivity contribution in [2.24, 2.45) is 0 Å². The van der Waals surface area contributed by atoms with Gasteiger partial charge in [-0.2, -0.15) is 4.68 Å². The first-order valence-corrected chi connectivity index (χ1v) is 8.21. The van der Waals surface area contributed by atoms with Crippen LogP contribution in [0, 0.1) is 0 Å². The van der Waals surface area contributed by atoms with Crippen LogP contribution < -0.4 is 0 Å². The van der Waals surface area contributed by atoms with Gasteiger partial charge in [0.15, 0.2) is 11.6 Å². The summed E-state index contributed by atoms with van der Waals surface area (Å²) in [6.07, 6.45) is 1.64. The van der Waals surface area contributed by atoms with Gasteiger partial charge in [0.25, 0.3) is 0 Å². The number of rotatable bonds is 6. The van der Waals surface area contributed by atoms with Gasteiger partial charge in [0.1, 0.15) is 0 Å². The van der Waals surface area contributed by atoms with Crippen LogP contribution in [0.15, 0.2) is 48.5 Å². The maximum Gasteiger partial charge on any atom is 0.162 e. The molecule has 0 atom stereocenters. The Morgan fingerprint density at radius 3 is 2.54 bits per heavy atom. The Hall–Kier alpha value is -2.24. The van der Waals surface area contributed by atoms with Gasteiger partial charge >= 0.3 is 0 Å². The van der Waals surface area contributed by atoms with E-state index >= 15 is 0 Å². The number of tetrazole rings is 1. The first-order valence-electron chi connectivity index (χ1n) is 7.45. The van der Waals surface area contributed by atoms with Gasteiger partial charge in [-0.3, -0.25) is 4.79 Å². The fourth-order valence-corrected chi connectivity index (χ4v) is 2.76. The third kappa shape index (κ3) is 3.99. The molecule has 5 nitrogen and oxygen atoms in total. The molecule has 3 aromatic rings. The standard InChI is InChI=1S/C17H14Cl2N4O/c18-13-5-1-4-12(10-13)16(24)8-3-9-17-20-21-22-23(17)15-7-2-6-14(19)11-15/h1-2,4-7,10-11H,3,8-9H2. The van der Waals surface area contributed by atoms with Gasteiger partial charge in [0.05, 0.1) is 5.69 Å². The second kappa shape index (κ2) is 7.55. The Kier molecular flexibility index (Phi) is 5.23. The summed E-state index contributed by atoms with van der Waals surface area (Å²) in [5, 5.41) is 12.9. The first-order chi connectivity index (χ1) is 11.6. The minimum absolute atomic E-state index is 0.0549.